The summed E-state index contributed by atoms with van der Waals surface area (Å²) in [7, 11) is 0. The van der Waals surface area contributed by atoms with E-state index in [1.807, 2.05) is 32.4 Å². The van der Waals surface area contributed by atoms with E-state index in [0.29, 0.717) is 6.42 Å². The van der Waals surface area contributed by atoms with Gasteiger partial charge in [0, 0.05) is 29.9 Å². The average Bonchev–Trinajstić information content (AvgIpc) is 2.82. The Balaban J connectivity index is 2.59. The Morgan fingerprint density at radius 1 is 1.44 bits per heavy atom. The third-order valence-electron chi connectivity index (χ3n) is 2.81. The summed E-state index contributed by atoms with van der Waals surface area (Å²) in [4.78, 5) is 17.1. The number of thiophene rings is 1. The van der Waals surface area contributed by atoms with Crippen LogP contribution in [0.1, 0.15) is 28.6 Å². The predicted octanol–water partition coefficient (Wildman–Crippen LogP) is 4.43. The minimum absolute atomic E-state index is 0.207. The van der Waals surface area contributed by atoms with Crippen LogP contribution in [0.5, 0.6) is 0 Å². The van der Waals surface area contributed by atoms with Crippen LogP contribution in [0.25, 0.3) is 11.1 Å². The second-order valence-corrected chi connectivity index (χ2v) is 6.14. The van der Waals surface area contributed by atoms with E-state index < -0.39 is 0 Å². The fourth-order valence-corrected chi connectivity index (χ4v) is 3.52. The highest BCUT2D eigenvalue weighted by Gasteiger charge is 2.17. The molecule has 0 saturated carbocycles. The van der Waals surface area contributed by atoms with Crippen LogP contribution in [-0.2, 0) is 0 Å². The lowest BCUT2D eigenvalue weighted by Gasteiger charge is -2.04. The molecule has 0 unspecified atom stereocenters. The van der Waals surface area contributed by atoms with Crippen molar-refractivity contribution in [1.29, 1.82) is 0 Å². The number of pyridine rings is 1. The Morgan fingerprint density at radius 2 is 2.22 bits per heavy atom. The van der Waals surface area contributed by atoms with Gasteiger partial charge < -0.3 is 0 Å². The van der Waals surface area contributed by atoms with Gasteiger partial charge in [0.15, 0.2) is 5.78 Å². The highest BCUT2D eigenvalue weighted by molar-refractivity contribution is 8.00. The molecule has 2 heterocycles. The molecule has 94 valence electrons. The van der Waals surface area contributed by atoms with Crippen LogP contribution in [0.3, 0.4) is 0 Å². The summed E-state index contributed by atoms with van der Waals surface area (Å²) in [6.07, 6.45) is 6.20. The lowest BCUT2D eigenvalue weighted by Crippen LogP contribution is -1.96. The molecule has 0 fully saturated rings. The Bertz CT molecular complexity index is 575. The third kappa shape index (κ3) is 2.49. The van der Waals surface area contributed by atoms with Crippen LogP contribution in [0, 0.1) is 6.92 Å². The molecule has 0 saturated heterocycles. The van der Waals surface area contributed by atoms with Crippen LogP contribution >= 0.6 is 23.1 Å². The second-order valence-electron chi connectivity index (χ2n) is 3.98. The molecule has 0 aromatic carbocycles. The maximum atomic E-state index is 12.0. The first kappa shape index (κ1) is 13.3. The van der Waals surface area contributed by atoms with E-state index in [4.69, 9.17) is 0 Å². The molecular weight excluding hydrogens is 262 g/mol. The van der Waals surface area contributed by atoms with Gasteiger partial charge in [-0.25, -0.2) is 0 Å². The van der Waals surface area contributed by atoms with Gasteiger partial charge in [-0.1, -0.05) is 6.92 Å². The third-order valence-corrected chi connectivity index (χ3v) is 5.06. The molecule has 0 aliphatic carbocycles. The van der Waals surface area contributed by atoms with Crippen molar-refractivity contribution in [3.05, 3.63) is 35.0 Å². The molecule has 0 atom stereocenters. The molecule has 2 aromatic heterocycles. The van der Waals surface area contributed by atoms with Gasteiger partial charge in [0.2, 0.25) is 0 Å². The monoisotopic (exact) mass is 277 g/mol. The summed E-state index contributed by atoms with van der Waals surface area (Å²) >= 11 is 3.26. The van der Waals surface area contributed by atoms with Crippen molar-refractivity contribution in [1.82, 2.24) is 4.98 Å². The molecule has 2 rings (SSSR count). The van der Waals surface area contributed by atoms with Crippen molar-refractivity contribution in [2.75, 3.05) is 6.26 Å². The molecule has 2 nitrogen and oxygen atoms in total. The number of aryl methyl sites for hydroxylation is 1. The van der Waals surface area contributed by atoms with E-state index in [1.54, 1.807) is 29.3 Å². The number of carbonyl (C=O) groups is 1. The van der Waals surface area contributed by atoms with Crippen molar-refractivity contribution in [3.8, 4) is 11.1 Å². The molecule has 0 aliphatic heterocycles. The summed E-state index contributed by atoms with van der Waals surface area (Å²) < 4.78 is 1.17. The first-order valence-electron chi connectivity index (χ1n) is 5.79. The zero-order valence-corrected chi connectivity index (χ0v) is 12.3. The first-order chi connectivity index (χ1) is 8.67. The number of hydrogen-bond acceptors (Lipinski definition) is 4. The summed E-state index contributed by atoms with van der Waals surface area (Å²) in [5.74, 6) is 0.207. The molecular formula is C14H15NOS2. The topological polar surface area (TPSA) is 30.0 Å². The molecule has 0 amide bonds. The van der Waals surface area contributed by atoms with Gasteiger partial charge in [0.05, 0.1) is 9.09 Å². The minimum Gasteiger partial charge on any atom is -0.293 e. The zero-order valence-electron chi connectivity index (χ0n) is 10.7. The Labute approximate surface area is 115 Å². The van der Waals surface area contributed by atoms with E-state index in [0.717, 1.165) is 21.6 Å². The van der Waals surface area contributed by atoms with Crippen molar-refractivity contribution in [2.24, 2.45) is 0 Å². The molecule has 0 bridgehead atoms. The number of aromatic nitrogens is 1. The number of ketones is 1. The fourth-order valence-electron chi connectivity index (χ4n) is 1.78. The lowest BCUT2D eigenvalue weighted by atomic mass is 10.0. The number of carbonyl (C=O) groups excluding carboxylic acids is 1. The quantitative estimate of drug-likeness (QED) is 0.611. The van der Waals surface area contributed by atoms with Crippen LogP contribution in [-0.4, -0.2) is 17.0 Å². The SMILES string of the molecule is CCC(=O)c1sc(SC)cc1-c1cnccc1C. The number of rotatable bonds is 4. The fraction of sp³-hybridized carbons (Fsp3) is 0.286. The summed E-state index contributed by atoms with van der Waals surface area (Å²) in [5, 5.41) is 0. The van der Waals surface area contributed by atoms with Crippen molar-refractivity contribution >= 4 is 28.9 Å². The molecule has 2 aromatic rings. The number of Topliss-reactive ketones (excluding diaryl/α,β-unsaturated/α-hetero) is 1. The standard InChI is InChI=1S/C14H15NOS2/c1-4-12(16)14-10(7-13(17-3)18-14)11-8-15-6-5-9(11)2/h5-8H,4H2,1-3H3. The molecule has 4 heteroatoms. The smallest absolute Gasteiger partial charge is 0.173 e. The van der Waals surface area contributed by atoms with Crippen molar-refractivity contribution in [2.45, 2.75) is 24.5 Å². The van der Waals surface area contributed by atoms with Gasteiger partial charge in [-0.2, -0.15) is 0 Å². The van der Waals surface area contributed by atoms with Gasteiger partial charge >= 0.3 is 0 Å². The molecule has 18 heavy (non-hydrogen) atoms. The van der Waals surface area contributed by atoms with E-state index in [2.05, 4.69) is 11.1 Å². The number of hydrogen-bond donors (Lipinski definition) is 0. The van der Waals surface area contributed by atoms with E-state index in [9.17, 15) is 4.79 Å². The van der Waals surface area contributed by atoms with E-state index >= 15 is 0 Å². The largest absolute Gasteiger partial charge is 0.293 e. The van der Waals surface area contributed by atoms with Gasteiger partial charge in [0.1, 0.15) is 0 Å². The average molecular weight is 277 g/mol. The minimum atomic E-state index is 0.207. The van der Waals surface area contributed by atoms with Gasteiger partial charge in [0.25, 0.3) is 0 Å². The van der Waals surface area contributed by atoms with Crippen LogP contribution in [0.2, 0.25) is 0 Å². The summed E-state index contributed by atoms with van der Waals surface area (Å²) in [5.41, 5.74) is 3.24. The second kappa shape index (κ2) is 5.67. The Hall–Kier alpha value is -1.13. The Kier molecular flexibility index (Phi) is 4.19. The summed E-state index contributed by atoms with van der Waals surface area (Å²) in [6.45, 7) is 3.95. The molecule has 0 spiro atoms. The van der Waals surface area contributed by atoms with Crippen LogP contribution in [0.15, 0.2) is 28.7 Å². The van der Waals surface area contributed by atoms with E-state index in [-0.39, 0.29) is 5.78 Å². The molecule has 0 N–H and O–H groups in total. The Morgan fingerprint density at radius 3 is 2.83 bits per heavy atom. The van der Waals surface area contributed by atoms with Crippen molar-refractivity contribution < 1.29 is 4.79 Å². The van der Waals surface area contributed by atoms with Crippen LogP contribution in [0.4, 0.5) is 0 Å². The molecule has 0 aliphatic rings. The van der Waals surface area contributed by atoms with Gasteiger partial charge in [-0.05, 0) is 30.9 Å². The number of nitrogens with zero attached hydrogens (tertiary/aromatic N) is 1. The maximum absolute atomic E-state index is 12.0. The molecule has 0 radical (unpaired) electrons. The van der Waals surface area contributed by atoms with Crippen molar-refractivity contribution in [3.63, 3.8) is 0 Å². The maximum Gasteiger partial charge on any atom is 0.173 e. The summed E-state index contributed by atoms with van der Waals surface area (Å²) in [6, 6.07) is 4.08. The highest BCUT2D eigenvalue weighted by Crippen LogP contribution is 2.37. The lowest BCUT2D eigenvalue weighted by molar-refractivity contribution is 0.0992. The predicted molar refractivity (Wildman–Crippen MR) is 78.7 cm³/mol. The van der Waals surface area contributed by atoms with Crippen LogP contribution < -0.4 is 0 Å². The zero-order chi connectivity index (χ0) is 13.1. The highest BCUT2D eigenvalue weighted by atomic mass is 32.2. The normalized spacial score (nSPS) is 10.6. The first-order valence-corrected chi connectivity index (χ1v) is 7.83. The van der Waals surface area contributed by atoms with E-state index in [1.165, 1.54) is 4.21 Å². The van der Waals surface area contributed by atoms with Gasteiger partial charge in [-0.15, -0.1) is 23.1 Å². The van der Waals surface area contributed by atoms with Gasteiger partial charge in [-0.3, -0.25) is 9.78 Å². The number of thioether (sulfide) groups is 1.